The fourth-order valence-electron chi connectivity index (χ4n) is 3.29. The van der Waals surface area contributed by atoms with Crippen molar-refractivity contribution in [3.63, 3.8) is 0 Å². The molecule has 0 saturated heterocycles. The molecule has 0 saturated carbocycles. The van der Waals surface area contributed by atoms with Crippen molar-refractivity contribution in [3.8, 4) is 5.75 Å². The monoisotopic (exact) mass is 421 g/mol. The molecule has 1 amide bonds. The van der Waals surface area contributed by atoms with E-state index in [0.717, 1.165) is 10.1 Å². The lowest BCUT2D eigenvalue weighted by Gasteiger charge is -2.19. The average Bonchev–Trinajstić information content (AvgIpc) is 3.12. The van der Waals surface area contributed by atoms with E-state index in [1.165, 1.54) is 0 Å². The summed E-state index contributed by atoms with van der Waals surface area (Å²) in [6.07, 6.45) is -4.14. The SMILES string of the molecule is COc1ccccc1CN(C)C(=O)CCc1c(C)nc2nc(C(F)(F)F)nn2c1C. The van der Waals surface area contributed by atoms with E-state index >= 15 is 0 Å². The second kappa shape index (κ2) is 8.29. The molecule has 10 heteroatoms. The Balaban J connectivity index is 1.75. The van der Waals surface area contributed by atoms with E-state index in [0.29, 0.717) is 35.7 Å². The Morgan fingerprint density at radius 1 is 1.20 bits per heavy atom. The number of benzene rings is 1. The molecule has 3 aromatic rings. The van der Waals surface area contributed by atoms with Crippen molar-refractivity contribution in [2.75, 3.05) is 14.2 Å². The Kier molecular flexibility index (Phi) is 5.95. The molecule has 2 heterocycles. The fraction of sp³-hybridized carbons (Fsp3) is 0.400. The maximum Gasteiger partial charge on any atom is 0.453 e. The first-order chi connectivity index (χ1) is 14.1. The molecule has 0 aliphatic heterocycles. The zero-order valence-corrected chi connectivity index (χ0v) is 17.1. The van der Waals surface area contributed by atoms with Crippen LogP contribution in [0.2, 0.25) is 0 Å². The van der Waals surface area contributed by atoms with Gasteiger partial charge in [-0.15, -0.1) is 5.10 Å². The van der Waals surface area contributed by atoms with Gasteiger partial charge in [0.15, 0.2) is 0 Å². The molecular weight excluding hydrogens is 399 g/mol. The van der Waals surface area contributed by atoms with Crippen molar-refractivity contribution in [1.29, 1.82) is 0 Å². The van der Waals surface area contributed by atoms with Crippen molar-refractivity contribution in [2.45, 2.75) is 39.4 Å². The van der Waals surface area contributed by atoms with Crippen LogP contribution in [-0.2, 0) is 23.9 Å². The van der Waals surface area contributed by atoms with Gasteiger partial charge in [0.05, 0.1) is 7.11 Å². The highest BCUT2D eigenvalue weighted by Gasteiger charge is 2.37. The summed E-state index contributed by atoms with van der Waals surface area (Å²) in [7, 11) is 3.27. The second-order valence-corrected chi connectivity index (χ2v) is 6.97. The van der Waals surface area contributed by atoms with Gasteiger partial charge in [-0.1, -0.05) is 18.2 Å². The molecule has 0 bridgehead atoms. The molecule has 1 aromatic carbocycles. The number of hydrogen-bond donors (Lipinski definition) is 0. The molecule has 7 nitrogen and oxygen atoms in total. The number of halogens is 3. The van der Waals surface area contributed by atoms with Gasteiger partial charge in [-0.3, -0.25) is 4.79 Å². The minimum absolute atomic E-state index is 0.102. The summed E-state index contributed by atoms with van der Waals surface area (Å²) < 4.78 is 45.1. The molecule has 30 heavy (non-hydrogen) atoms. The predicted molar refractivity (Wildman–Crippen MR) is 103 cm³/mol. The molecule has 0 fully saturated rings. The number of ether oxygens (including phenoxy) is 1. The van der Waals surface area contributed by atoms with E-state index in [2.05, 4.69) is 15.1 Å². The van der Waals surface area contributed by atoms with Crippen molar-refractivity contribution < 1.29 is 22.7 Å². The molecule has 0 unspecified atom stereocenters. The molecule has 0 aliphatic carbocycles. The normalized spacial score (nSPS) is 11.7. The van der Waals surface area contributed by atoms with Crippen molar-refractivity contribution in [1.82, 2.24) is 24.5 Å². The van der Waals surface area contributed by atoms with Crippen molar-refractivity contribution >= 4 is 11.7 Å². The standard InChI is InChI=1S/C20H22F3N5O2/c1-12-15(13(2)28-19(24-12)25-18(26-28)20(21,22)23)9-10-17(29)27(3)11-14-7-5-6-8-16(14)30-4/h5-8H,9-11H2,1-4H3. The molecule has 0 atom stereocenters. The van der Waals surface area contributed by atoms with E-state index < -0.39 is 12.0 Å². The van der Waals surface area contributed by atoms with Crippen LogP contribution in [0.5, 0.6) is 5.75 Å². The zero-order valence-electron chi connectivity index (χ0n) is 17.1. The average molecular weight is 421 g/mol. The van der Waals surface area contributed by atoms with Gasteiger partial charge in [0.25, 0.3) is 11.6 Å². The van der Waals surface area contributed by atoms with Gasteiger partial charge < -0.3 is 9.64 Å². The third-order valence-electron chi connectivity index (χ3n) is 4.92. The highest BCUT2D eigenvalue weighted by Crippen LogP contribution is 2.27. The van der Waals surface area contributed by atoms with Gasteiger partial charge in [-0.05, 0) is 31.9 Å². The molecule has 2 aromatic heterocycles. The van der Waals surface area contributed by atoms with Gasteiger partial charge in [-0.25, -0.2) is 9.50 Å². The number of nitrogens with zero attached hydrogens (tertiary/aromatic N) is 5. The van der Waals surface area contributed by atoms with Crippen LogP contribution in [0.4, 0.5) is 13.2 Å². The molecule has 0 N–H and O–H groups in total. The minimum atomic E-state index is -4.65. The zero-order chi connectivity index (χ0) is 22.1. The number of carbonyl (C=O) groups is 1. The van der Waals surface area contributed by atoms with Crippen LogP contribution in [0, 0.1) is 13.8 Å². The molecule has 3 rings (SSSR count). The summed E-state index contributed by atoms with van der Waals surface area (Å²) in [6.45, 7) is 3.72. The number of hydrogen-bond acceptors (Lipinski definition) is 5. The minimum Gasteiger partial charge on any atom is -0.496 e. The first kappa shape index (κ1) is 21.5. The van der Waals surface area contributed by atoms with Crippen LogP contribution < -0.4 is 4.74 Å². The van der Waals surface area contributed by atoms with E-state index in [4.69, 9.17) is 4.74 Å². The maximum atomic E-state index is 12.9. The Bertz CT molecular complexity index is 1080. The highest BCUT2D eigenvalue weighted by atomic mass is 19.4. The number of fused-ring (bicyclic) bond motifs is 1. The van der Waals surface area contributed by atoms with E-state index in [-0.39, 0.29) is 18.1 Å². The van der Waals surface area contributed by atoms with Crippen LogP contribution in [0.1, 0.15) is 34.8 Å². The van der Waals surface area contributed by atoms with Crippen molar-refractivity contribution in [2.24, 2.45) is 0 Å². The largest absolute Gasteiger partial charge is 0.496 e. The van der Waals surface area contributed by atoms with Crippen LogP contribution in [0.25, 0.3) is 5.78 Å². The summed E-state index contributed by atoms with van der Waals surface area (Å²) in [6, 6.07) is 7.44. The molecule has 0 spiro atoms. The lowest BCUT2D eigenvalue weighted by molar-refractivity contribution is -0.144. The van der Waals surface area contributed by atoms with Crippen LogP contribution in [-0.4, -0.2) is 44.5 Å². The van der Waals surface area contributed by atoms with E-state index in [1.807, 2.05) is 24.3 Å². The third kappa shape index (κ3) is 4.37. The van der Waals surface area contributed by atoms with Crippen LogP contribution >= 0.6 is 0 Å². The number of amides is 1. The maximum absolute atomic E-state index is 12.9. The number of aromatic nitrogens is 4. The van der Waals surface area contributed by atoms with Crippen LogP contribution in [0.15, 0.2) is 24.3 Å². The summed E-state index contributed by atoms with van der Waals surface area (Å²) >= 11 is 0. The topological polar surface area (TPSA) is 72.6 Å². The Labute approximate surface area is 171 Å². The number of methoxy groups -OCH3 is 1. The lowest BCUT2D eigenvalue weighted by Crippen LogP contribution is -2.27. The number of rotatable bonds is 6. The predicted octanol–water partition coefficient (Wildman–Crippen LogP) is 3.36. The first-order valence-electron chi connectivity index (χ1n) is 9.27. The van der Waals surface area contributed by atoms with E-state index in [9.17, 15) is 18.0 Å². The lowest BCUT2D eigenvalue weighted by atomic mass is 10.1. The van der Waals surface area contributed by atoms with Gasteiger partial charge in [-0.2, -0.15) is 18.2 Å². The number of aryl methyl sites for hydroxylation is 2. The number of alkyl halides is 3. The molecular formula is C20H22F3N5O2. The van der Waals surface area contributed by atoms with Gasteiger partial charge >= 0.3 is 6.18 Å². The summed E-state index contributed by atoms with van der Waals surface area (Å²) in [5.74, 6) is -0.748. The molecule has 0 radical (unpaired) electrons. The number of para-hydroxylation sites is 1. The number of carbonyl (C=O) groups excluding carboxylic acids is 1. The van der Waals surface area contributed by atoms with Crippen molar-refractivity contribution in [3.05, 3.63) is 52.6 Å². The smallest absolute Gasteiger partial charge is 0.453 e. The summed E-state index contributed by atoms with van der Waals surface area (Å²) in [5, 5.41) is 3.53. The Hall–Kier alpha value is -3.17. The molecule has 0 aliphatic rings. The van der Waals surface area contributed by atoms with Gasteiger partial charge in [0.1, 0.15) is 5.75 Å². The van der Waals surface area contributed by atoms with E-state index in [1.54, 1.807) is 32.9 Å². The van der Waals surface area contributed by atoms with Crippen LogP contribution in [0.3, 0.4) is 0 Å². The summed E-state index contributed by atoms with van der Waals surface area (Å²) in [4.78, 5) is 21.8. The quantitative estimate of drug-likeness (QED) is 0.610. The van der Waals surface area contributed by atoms with Gasteiger partial charge in [0, 0.05) is 37.0 Å². The third-order valence-corrected chi connectivity index (χ3v) is 4.92. The summed E-state index contributed by atoms with van der Waals surface area (Å²) in [5.41, 5.74) is 2.58. The Morgan fingerprint density at radius 2 is 1.90 bits per heavy atom. The first-order valence-corrected chi connectivity index (χ1v) is 9.27. The second-order valence-electron chi connectivity index (χ2n) is 6.97. The Morgan fingerprint density at radius 3 is 2.57 bits per heavy atom. The van der Waals surface area contributed by atoms with Gasteiger partial charge in [0.2, 0.25) is 5.91 Å². The molecule has 160 valence electrons. The fourth-order valence-corrected chi connectivity index (χ4v) is 3.29. The highest BCUT2D eigenvalue weighted by molar-refractivity contribution is 5.76.